The molecule has 0 saturated carbocycles. The topological polar surface area (TPSA) is 208 Å². The number of aryl methyl sites for hydroxylation is 1. The van der Waals surface area contributed by atoms with E-state index < -0.39 is 34.2 Å². The Morgan fingerprint density at radius 1 is 1.53 bits per heavy atom. The number of carbonyl (C=O) groups excluding carboxylic acids is 2. The molecule has 30 heavy (non-hydrogen) atoms. The number of carbonyl (C=O) groups is 2. The van der Waals surface area contributed by atoms with E-state index in [0.717, 1.165) is 23.1 Å². The van der Waals surface area contributed by atoms with Crippen LogP contribution in [0.15, 0.2) is 15.7 Å². The summed E-state index contributed by atoms with van der Waals surface area (Å²) >= 11 is 2.10. The Morgan fingerprint density at radius 2 is 2.27 bits per heavy atom. The fourth-order valence-electron chi connectivity index (χ4n) is 2.53. The zero-order valence-corrected chi connectivity index (χ0v) is 17.8. The van der Waals surface area contributed by atoms with Gasteiger partial charge in [0, 0.05) is 18.2 Å². The molecule has 1 fully saturated rings. The van der Waals surface area contributed by atoms with Crippen LogP contribution in [-0.4, -0.2) is 84.9 Å². The Morgan fingerprint density at radius 3 is 2.80 bits per heavy atom. The van der Waals surface area contributed by atoms with E-state index >= 15 is 0 Å². The number of hydrogen-bond acceptors (Lipinski definition) is 13. The van der Waals surface area contributed by atoms with Crippen LogP contribution in [0.25, 0.3) is 0 Å². The van der Waals surface area contributed by atoms with Crippen molar-refractivity contribution >= 4 is 56.1 Å². The van der Waals surface area contributed by atoms with E-state index in [9.17, 15) is 22.6 Å². The van der Waals surface area contributed by atoms with Crippen LogP contribution in [0.3, 0.4) is 0 Å². The van der Waals surface area contributed by atoms with E-state index in [-0.39, 0.29) is 26.6 Å². The Hall–Kier alpha value is -2.83. The Labute approximate surface area is 177 Å². The van der Waals surface area contributed by atoms with Crippen LogP contribution in [0.5, 0.6) is 0 Å². The van der Waals surface area contributed by atoms with Crippen molar-refractivity contribution in [1.29, 1.82) is 0 Å². The standard InChI is InChI=1S/C12H15N9O6S3/c1-20-12(16-18-19-20)29-4-6-8(10(23)21(6)30(24,25)26)15-9(22)7(17-27-2)5-3-28-11(13)14-5/h3,6,8H,4H2,1-2H3,(H2,13,14)(H,15,22)(H,24,25,26)/t6-,8+/m0/s1. The van der Waals surface area contributed by atoms with Crippen molar-refractivity contribution in [2.45, 2.75) is 17.2 Å². The van der Waals surface area contributed by atoms with Gasteiger partial charge in [-0.25, -0.2) is 14.0 Å². The van der Waals surface area contributed by atoms with Gasteiger partial charge in [-0.15, -0.1) is 16.4 Å². The molecule has 2 amide bonds. The van der Waals surface area contributed by atoms with Crippen molar-refractivity contribution in [3.8, 4) is 0 Å². The summed E-state index contributed by atoms with van der Waals surface area (Å²) in [5, 5.41) is 18.8. The monoisotopic (exact) mass is 477 g/mol. The van der Waals surface area contributed by atoms with Crippen LogP contribution >= 0.6 is 23.1 Å². The number of aromatic nitrogens is 5. The zero-order valence-electron chi connectivity index (χ0n) is 15.4. The molecule has 1 saturated heterocycles. The third-order valence-corrected chi connectivity index (χ3v) is 6.57. The molecule has 0 spiro atoms. The predicted molar refractivity (Wildman–Crippen MR) is 104 cm³/mol. The summed E-state index contributed by atoms with van der Waals surface area (Å²) in [6.07, 6.45) is 0. The first-order valence-corrected chi connectivity index (χ1v) is 11.2. The first-order chi connectivity index (χ1) is 14.1. The first-order valence-electron chi connectivity index (χ1n) is 7.92. The average molecular weight is 478 g/mol. The Balaban J connectivity index is 1.79. The summed E-state index contributed by atoms with van der Waals surface area (Å²) < 4.78 is 34.1. The lowest BCUT2D eigenvalue weighted by molar-refractivity contribution is -0.143. The molecular weight excluding hydrogens is 462 g/mol. The van der Waals surface area contributed by atoms with E-state index in [1.807, 2.05) is 0 Å². The van der Waals surface area contributed by atoms with Gasteiger partial charge in [-0.3, -0.25) is 14.1 Å². The lowest BCUT2D eigenvalue weighted by Gasteiger charge is -2.43. The van der Waals surface area contributed by atoms with Crippen LogP contribution in [0, 0.1) is 0 Å². The van der Waals surface area contributed by atoms with Crippen LogP contribution < -0.4 is 11.1 Å². The SMILES string of the molecule is CON=C(C(=O)N[C@H]1C(=O)N(S(=O)(=O)O)[C@H]1CSc1nnnn1C)c1csc(N)n1. The lowest BCUT2D eigenvalue weighted by atomic mass is 10.0. The second-order valence-electron chi connectivity index (χ2n) is 5.72. The summed E-state index contributed by atoms with van der Waals surface area (Å²) in [6.45, 7) is 0. The van der Waals surface area contributed by atoms with Gasteiger partial charge in [0.15, 0.2) is 10.8 Å². The number of nitrogens with one attached hydrogen (secondary N) is 1. The van der Waals surface area contributed by atoms with Gasteiger partial charge in [0.2, 0.25) is 5.16 Å². The van der Waals surface area contributed by atoms with E-state index in [1.165, 1.54) is 17.2 Å². The van der Waals surface area contributed by atoms with Crippen LogP contribution in [0.4, 0.5) is 5.13 Å². The third-order valence-electron chi connectivity index (χ3n) is 3.83. The number of hydrogen-bond donors (Lipinski definition) is 3. The first kappa shape index (κ1) is 21.9. The van der Waals surface area contributed by atoms with Gasteiger partial charge in [-0.2, -0.15) is 8.42 Å². The molecule has 2 aromatic heterocycles. The molecule has 3 heterocycles. The largest absolute Gasteiger partial charge is 0.398 e. The summed E-state index contributed by atoms with van der Waals surface area (Å²) in [4.78, 5) is 33.6. The lowest BCUT2D eigenvalue weighted by Crippen LogP contribution is -2.73. The third kappa shape index (κ3) is 4.35. The number of nitrogen functional groups attached to an aromatic ring is 1. The van der Waals surface area contributed by atoms with Gasteiger partial charge >= 0.3 is 10.3 Å². The highest BCUT2D eigenvalue weighted by Crippen LogP contribution is 2.29. The van der Waals surface area contributed by atoms with E-state index in [1.54, 1.807) is 7.05 Å². The maximum Gasteiger partial charge on any atom is 0.362 e. The maximum atomic E-state index is 12.7. The number of tetrazole rings is 1. The summed E-state index contributed by atoms with van der Waals surface area (Å²) in [7, 11) is -2.05. The number of nitrogens with two attached hydrogens (primary N) is 1. The highest BCUT2D eigenvalue weighted by atomic mass is 32.2. The number of oxime groups is 1. The minimum Gasteiger partial charge on any atom is -0.398 e. The molecule has 2 aromatic rings. The number of amides is 2. The molecule has 1 aliphatic heterocycles. The number of thiazole rings is 1. The molecule has 18 heteroatoms. The molecule has 15 nitrogen and oxygen atoms in total. The van der Waals surface area contributed by atoms with Gasteiger partial charge < -0.3 is 15.9 Å². The normalized spacial score (nSPS) is 19.5. The maximum absolute atomic E-state index is 12.7. The fourth-order valence-corrected chi connectivity index (χ4v) is 5.03. The van der Waals surface area contributed by atoms with E-state index in [0.29, 0.717) is 5.16 Å². The summed E-state index contributed by atoms with van der Waals surface area (Å²) in [5.74, 6) is -1.89. The molecular formula is C12H15N9O6S3. The van der Waals surface area contributed by atoms with Crippen molar-refractivity contribution in [2.24, 2.45) is 12.2 Å². The Kier molecular flexibility index (Phi) is 6.19. The van der Waals surface area contributed by atoms with Gasteiger partial charge in [-0.05, 0) is 10.4 Å². The van der Waals surface area contributed by atoms with Gasteiger partial charge in [-0.1, -0.05) is 16.9 Å². The van der Waals surface area contributed by atoms with Crippen molar-refractivity contribution < 1.29 is 27.4 Å². The van der Waals surface area contributed by atoms with Gasteiger partial charge in [0.1, 0.15) is 18.8 Å². The minimum absolute atomic E-state index is 0.0366. The number of rotatable bonds is 8. The second kappa shape index (κ2) is 8.50. The molecule has 3 rings (SSSR count). The molecule has 0 aliphatic carbocycles. The summed E-state index contributed by atoms with van der Waals surface area (Å²) in [6, 6.07) is -2.35. The highest BCUT2D eigenvalue weighted by molar-refractivity contribution is 7.99. The van der Waals surface area contributed by atoms with E-state index in [4.69, 9.17) is 5.73 Å². The van der Waals surface area contributed by atoms with Crippen LogP contribution in [0.1, 0.15) is 5.69 Å². The quantitative estimate of drug-likeness (QED) is 0.123. The predicted octanol–water partition coefficient (Wildman–Crippen LogP) is -2.11. The number of nitrogens with zero attached hydrogens (tertiary/aromatic N) is 7. The molecule has 0 unspecified atom stereocenters. The average Bonchev–Trinajstić information content (AvgIpc) is 3.27. The smallest absolute Gasteiger partial charge is 0.362 e. The molecule has 2 atom stereocenters. The van der Waals surface area contributed by atoms with Crippen molar-refractivity contribution in [2.75, 3.05) is 18.6 Å². The molecule has 1 aliphatic rings. The molecule has 162 valence electrons. The number of β-lactam (4-membered cyclic amide) rings is 1. The fraction of sp³-hybridized carbons (Fsp3) is 0.417. The molecule has 4 N–H and O–H groups in total. The number of thioether (sulfide) groups is 1. The van der Waals surface area contributed by atoms with Gasteiger partial charge in [0.25, 0.3) is 11.8 Å². The van der Waals surface area contributed by atoms with Crippen molar-refractivity contribution in [1.82, 2.24) is 34.8 Å². The zero-order chi connectivity index (χ0) is 22.1. The summed E-state index contributed by atoms with van der Waals surface area (Å²) in [5.41, 5.74) is 5.42. The Bertz CT molecular complexity index is 1100. The molecule has 0 radical (unpaired) electrons. The molecule has 0 bridgehead atoms. The van der Waals surface area contributed by atoms with Gasteiger partial charge in [0.05, 0.1) is 6.04 Å². The van der Waals surface area contributed by atoms with Crippen LogP contribution in [-0.2, 0) is 31.8 Å². The minimum atomic E-state index is -4.84. The van der Waals surface area contributed by atoms with E-state index in [2.05, 4.69) is 35.8 Å². The highest BCUT2D eigenvalue weighted by Gasteiger charge is 2.54. The number of anilines is 1. The van der Waals surface area contributed by atoms with Crippen molar-refractivity contribution in [3.63, 3.8) is 0 Å². The van der Waals surface area contributed by atoms with Crippen molar-refractivity contribution in [3.05, 3.63) is 11.1 Å². The van der Waals surface area contributed by atoms with Crippen LogP contribution in [0.2, 0.25) is 0 Å². The molecule has 0 aromatic carbocycles. The second-order valence-corrected chi connectivity index (χ2v) is 8.89.